The fraction of sp³-hybridized carbons (Fsp3) is 0.235. The largest absolute Gasteiger partial charge is 1.00 e. The number of rotatable bonds is 2. The lowest BCUT2D eigenvalue weighted by atomic mass is 10.0. The molecular weight excluding hydrogens is 346 g/mol. The second-order valence-corrected chi connectivity index (χ2v) is 5.17. The van der Waals surface area contributed by atoms with Crippen molar-refractivity contribution in [1.82, 2.24) is 0 Å². The summed E-state index contributed by atoms with van der Waals surface area (Å²) in [5, 5.41) is 0. The number of benzene rings is 2. The molecule has 0 saturated carbocycles. The second kappa shape index (κ2) is 6.01. The molecule has 4 nitrogen and oxygen atoms in total. The van der Waals surface area contributed by atoms with Crippen molar-refractivity contribution in [3.63, 3.8) is 0 Å². The van der Waals surface area contributed by atoms with Gasteiger partial charge in [0.15, 0.2) is 24.3 Å². The molecule has 0 aromatic heterocycles. The normalized spacial score (nSPS) is 14.7. The van der Waals surface area contributed by atoms with Gasteiger partial charge >= 0.3 is 0 Å². The van der Waals surface area contributed by atoms with Crippen molar-refractivity contribution in [2.45, 2.75) is 6.42 Å². The predicted molar refractivity (Wildman–Crippen MR) is 79.2 cm³/mol. The van der Waals surface area contributed by atoms with E-state index in [1.54, 1.807) is 7.11 Å². The Morgan fingerprint density at radius 1 is 1.05 bits per heavy atom. The molecule has 4 rings (SSSR count). The fourth-order valence-corrected chi connectivity index (χ4v) is 2.79. The first-order valence-corrected chi connectivity index (χ1v) is 7.01. The molecule has 2 aromatic carbocycles. The van der Waals surface area contributed by atoms with E-state index in [9.17, 15) is 0 Å². The van der Waals surface area contributed by atoms with E-state index in [2.05, 4.69) is 35.1 Å². The first kappa shape index (κ1) is 14.9. The standard InChI is InChI=1S/C17H16NO3.BrH/c1-19-15-4-2-14(3-5-15)18-7-6-12-8-16-17(21-11-20-16)9-13(12)10-18;/h2-5,8-10H,6-7,11H2,1H3;1H/q+1;/p-1. The smallest absolute Gasteiger partial charge is 0.231 e. The van der Waals surface area contributed by atoms with Gasteiger partial charge in [0.25, 0.3) is 0 Å². The lowest BCUT2D eigenvalue weighted by molar-refractivity contribution is -0.436. The third kappa shape index (κ3) is 2.57. The van der Waals surface area contributed by atoms with Crippen LogP contribution in [0.15, 0.2) is 36.4 Å². The van der Waals surface area contributed by atoms with Crippen LogP contribution in [0.1, 0.15) is 11.1 Å². The third-order valence-corrected chi connectivity index (χ3v) is 3.96. The van der Waals surface area contributed by atoms with E-state index in [-0.39, 0.29) is 17.0 Å². The van der Waals surface area contributed by atoms with Gasteiger partial charge in [-0.1, -0.05) is 0 Å². The van der Waals surface area contributed by atoms with Gasteiger partial charge in [-0.05, 0) is 29.8 Å². The second-order valence-electron chi connectivity index (χ2n) is 5.17. The fourth-order valence-electron chi connectivity index (χ4n) is 2.79. The minimum Gasteiger partial charge on any atom is -1.00 e. The summed E-state index contributed by atoms with van der Waals surface area (Å²) in [5.74, 6) is 2.57. The summed E-state index contributed by atoms with van der Waals surface area (Å²) < 4.78 is 18.4. The van der Waals surface area contributed by atoms with Crippen molar-refractivity contribution in [2.75, 3.05) is 20.4 Å². The van der Waals surface area contributed by atoms with E-state index in [1.165, 1.54) is 16.8 Å². The Hall–Kier alpha value is -2.01. The van der Waals surface area contributed by atoms with Gasteiger partial charge in [0.1, 0.15) is 5.75 Å². The molecule has 114 valence electrons. The molecule has 2 heterocycles. The molecule has 5 heteroatoms. The summed E-state index contributed by atoms with van der Waals surface area (Å²) >= 11 is 0. The summed E-state index contributed by atoms with van der Waals surface area (Å²) in [6.07, 6.45) is 3.16. The van der Waals surface area contributed by atoms with E-state index in [0.29, 0.717) is 6.79 Å². The highest BCUT2D eigenvalue weighted by atomic mass is 79.9. The van der Waals surface area contributed by atoms with Crippen molar-refractivity contribution in [2.24, 2.45) is 0 Å². The maximum atomic E-state index is 5.46. The van der Waals surface area contributed by atoms with Gasteiger partial charge in [-0.15, -0.1) is 0 Å². The number of hydrogen-bond donors (Lipinski definition) is 0. The van der Waals surface area contributed by atoms with Gasteiger partial charge in [-0.3, -0.25) is 0 Å². The number of ether oxygens (including phenoxy) is 3. The van der Waals surface area contributed by atoms with Gasteiger partial charge in [0.2, 0.25) is 12.5 Å². The number of fused-ring (bicyclic) bond motifs is 2. The molecule has 0 saturated heterocycles. The molecular formula is C17H16BrNO3. The molecule has 0 fully saturated rings. The van der Waals surface area contributed by atoms with Crippen molar-refractivity contribution >= 4 is 11.9 Å². The molecule has 22 heavy (non-hydrogen) atoms. The van der Waals surface area contributed by atoms with Crippen LogP contribution in [0.25, 0.3) is 0 Å². The van der Waals surface area contributed by atoms with Gasteiger partial charge in [0, 0.05) is 24.1 Å². The lowest BCUT2D eigenvalue weighted by Gasteiger charge is -2.13. The SMILES string of the molecule is COc1ccc([N+]2=Cc3cc4c(cc3CC2)OCO4)cc1.[Br-]. The molecule has 0 amide bonds. The van der Waals surface area contributed by atoms with Gasteiger partial charge in [0.05, 0.1) is 7.11 Å². The molecule has 0 atom stereocenters. The number of methoxy groups -OCH3 is 1. The Balaban J connectivity index is 0.00000144. The zero-order valence-electron chi connectivity index (χ0n) is 12.2. The zero-order valence-corrected chi connectivity index (χ0v) is 13.8. The Labute approximate surface area is 139 Å². The summed E-state index contributed by atoms with van der Waals surface area (Å²) in [7, 11) is 1.68. The van der Waals surface area contributed by atoms with Crippen molar-refractivity contribution in [3.8, 4) is 17.2 Å². The van der Waals surface area contributed by atoms with Crippen molar-refractivity contribution < 1.29 is 35.8 Å². The van der Waals surface area contributed by atoms with E-state index >= 15 is 0 Å². The van der Waals surface area contributed by atoms with Crippen LogP contribution in [0, 0.1) is 0 Å². The summed E-state index contributed by atoms with van der Waals surface area (Å²) in [6, 6.07) is 12.3. The third-order valence-electron chi connectivity index (χ3n) is 3.96. The summed E-state index contributed by atoms with van der Waals surface area (Å²) in [5.41, 5.74) is 3.67. The quantitative estimate of drug-likeness (QED) is 0.691. The topological polar surface area (TPSA) is 30.7 Å². The molecule has 2 aliphatic rings. The maximum absolute atomic E-state index is 5.46. The van der Waals surface area contributed by atoms with Crippen LogP contribution in [0.4, 0.5) is 5.69 Å². The minimum atomic E-state index is 0. The average molecular weight is 362 g/mol. The van der Waals surface area contributed by atoms with Crippen molar-refractivity contribution in [3.05, 3.63) is 47.5 Å². The monoisotopic (exact) mass is 361 g/mol. The highest BCUT2D eigenvalue weighted by Gasteiger charge is 2.23. The molecule has 0 N–H and O–H groups in total. The Morgan fingerprint density at radius 2 is 1.77 bits per heavy atom. The van der Waals surface area contributed by atoms with Gasteiger partial charge in [-0.2, -0.15) is 4.58 Å². The predicted octanol–water partition coefficient (Wildman–Crippen LogP) is -0.253. The number of nitrogens with zero attached hydrogens (tertiary/aromatic N) is 1. The van der Waals surface area contributed by atoms with Gasteiger partial charge in [-0.25, -0.2) is 0 Å². The highest BCUT2D eigenvalue weighted by molar-refractivity contribution is 5.81. The van der Waals surface area contributed by atoms with Crippen LogP contribution in [-0.4, -0.2) is 31.2 Å². The number of hydrogen-bond acceptors (Lipinski definition) is 3. The molecule has 2 aliphatic heterocycles. The van der Waals surface area contributed by atoms with E-state index in [0.717, 1.165) is 30.2 Å². The van der Waals surface area contributed by atoms with Crippen LogP contribution in [0.3, 0.4) is 0 Å². The van der Waals surface area contributed by atoms with E-state index in [4.69, 9.17) is 14.2 Å². The van der Waals surface area contributed by atoms with Crippen LogP contribution < -0.4 is 31.2 Å². The van der Waals surface area contributed by atoms with Crippen LogP contribution in [-0.2, 0) is 6.42 Å². The van der Waals surface area contributed by atoms with Crippen LogP contribution in [0.5, 0.6) is 17.2 Å². The Morgan fingerprint density at radius 3 is 2.50 bits per heavy atom. The summed E-state index contributed by atoms with van der Waals surface area (Å²) in [6.45, 7) is 1.28. The minimum absolute atomic E-state index is 0. The van der Waals surface area contributed by atoms with Crippen LogP contribution >= 0.6 is 0 Å². The molecule has 0 unspecified atom stereocenters. The molecule has 0 radical (unpaired) electrons. The Bertz CT molecular complexity index is 725. The lowest BCUT2D eigenvalue weighted by Crippen LogP contribution is -3.00. The molecule has 0 bridgehead atoms. The van der Waals surface area contributed by atoms with Crippen molar-refractivity contribution in [1.29, 1.82) is 0 Å². The zero-order chi connectivity index (χ0) is 14.2. The van der Waals surface area contributed by atoms with E-state index in [1.807, 2.05) is 12.1 Å². The van der Waals surface area contributed by atoms with E-state index < -0.39 is 0 Å². The molecule has 2 aromatic rings. The average Bonchev–Trinajstić information content (AvgIpc) is 2.99. The highest BCUT2D eigenvalue weighted by Crippen LogP contribution is 2.35. The van der Waals surface area contributed by atoms with Gasteiger partial charge < -0.3 is 31.2 Å². The first-order chi connectivity index (χ1) is 10.3. The summed E-state index contributed by atoms with van der Waals surface area (Å²) in [4.78, 5) is 0. The molecule has 0 spiro atoms. The first-order valence-electron chi connectivity index (χ1n) is 7.01. The molecule has 0 aliphatic carbocycles. The maximum Gasteiger partial charge on any atom is 0.231 e. The Kier molecular flexibility index (Phi) is 4.07. The van der Waals surface area contributed by atoms with Crippen LogP contribution in [0.2, 0.25) is 0 Å². The number of halogens is 1.